The smallest absolute Gasteiger partial charge is 0.264 e. The summed E-state index contributed by atoms with van der Waals surface area (Å²) < 4.78 is 14.8. The molecule has 4 heterocycles. The van der Waals surface area contributed by atoms with E-state index in [0.29, 0.717) is 11.5 Å². The molecule has 0 aliphatic heterocycles. The molecular weight excluding hydrogens is 1120 g/mol. The molecule has 0 bridgehead atoms. The topological polar surface area (TPSA) is 49.8 Å². The molecule has 0 fully saturated rings. The summed E-state index contributed by atoms with van der Waals surface area (Å²) >= 11 is 2.54. The second-order valence-corrected chi connectivity index (χ2v) is 25.8. The summed E-state index contributed by atoms with van der Waals surface area (Å²) in [5, 5.41) is 2.19. The maximum atomic E-state index is 6.81. The first-order valence-electron chi connectivity index (χ1n) is 26.7. The van der Waals surface area contributed by atoms with E-state index in [0.717, 1.165) is 70.5 Å². The molecule has 0 aliphatic carbocycles. The molecular formula is C70H67N5OPt-2. The van der Waals surface area contributed by atoms with Crippen LogP contribution in [-0.2, 0) is 41.0 Å². The molecule has 0 saturated heterocycles. The van der Waals surface area contributed by atoms with Crippen LogP contribution < -0.4 is 4.74 Å². The third kappa shape index (κ3) is 9.76. The molecule has 0 radical (unpaired) electrons. The Bertz CT molecular complexity index is 3990. The predicted octanol–water partition coefficient (Wildman–Crippen LogP) is 18.3. The number of para-hydroxylation sites is 4. The van der Waals surface area contributed by atoms with Crippen LogP contribution in [0.1, 0.15) is 111 Å². The van der Waals surface area contributed by atoms with Crippen LogP contribution in [0, 0.1) is 22.9 Å². The fourth-order valence-electron chi connectivity index (χ4n) is 10.5. The van der Waals surface area contributed by atoms with Gasteiger partial charge in [0.25, 0.3) is 0 Å². The van der Waals surface area contributed by atoms with E-state index in [1.165, 1.54) is 44.5 Å². The van der Waals surface area contributed by atoms with Crippen LogP contribution in [0.4, 0.5) is 0 Å². The first-order valence-corrected chi connectivity index (χ1v) is 27.8. The van der Waals surface area contributed by atoms with E-state index in [4.69, 9.17) is 9.72 Å². The second-order valence-electron chi connectivity index (χ2n) is 24.7. The normalized spacial score (nSPS) is 12.6. The number of rotatable bonds is 8. The van der Waals surface area contributed by atoms with Crippen molar-refractivity contribution in [1.29, 1.82) is 0 Å². The van der Waals surface area contributed by atoms with Crippen LogP contribution in [0.5, 0.6) is 11.5 Å². The monoisotopic (exact) mass is 1190 g/mol. The fourth-order valence-corrected chi connectivity index (χ4v) is 11.6. The van der Waals surface area contributed by atoms with E-state index in [1.807, 2.05) is 30.6 Å². The van der Waals surface area contributed by atoms with Gasteiger partial charge in [0.2, 0.25) is 0 Å². The Labute approximate surface area is 465 Å². The molecule has 7 aromatic carbocycles. The van der Waals surface area contributed by atoms with Gasteiger partial charge in [-0.25, -0.2) is 0 Å². The van der Waals surface area contributed by atoms with Gasteiger partial charge < -0.3 is 0 Å². The van der Waals surface area contributed by atoms with Crippen molar-refractivity contribution in [2.75, 3.05) is 0 Å². The number of hydrogen-bond acceptors (Lipinski definition) is 3. The molecule has 77 heavy (non-hydrogen) atoms. The van der Waals surface area contributed by atoms with Crippen molar-refractivity contribution in [2.45, 2.75) is 112 Å². The quantitative estimate of drug-likeness (QED) is 0.142. The number of hydrogen-bond donors (Lipinski definition) is 0. The number of benzene rings is 7. The molecule has 0 aliphatic rings. The summed E-state index contributed by atoms with van der Waals surface area (Å²) in [5.41, 5.74) is 19.0. The zero-order valence-electron chi connectivity index (χ0n) is 46.6. The Morgan fingerprint density at radius 1 is 0.455 bits per heavy atom. The van der Waals surface area contributed by atoms with Gasteiger partial charge in [0.05, 0.1) is 0 Å². The number of aryl methyl sites for hydroxylation is 1. The standard InChI is InChI=1S/C70H67N5O.Pt/c1-45-33-65(72-43-60(45)46-21-20-32-71-42-46)75-61-27-15-14-24-58(61)59-31-30-55(41-64(59)75)76-54-23-18-22-53(40-54)73-44-74(63-29-17-16-28-62(63)73)66-56(47-34-49(67(2,3)4)38-50(35-47)68(5,6)7)25-19-26-57(66)48-36-51(69(8,9)10)39-52(37-48)70(11,12)13;/h14-39,42-43H,1-13H3;/q-2;. The van der Waals surface area contributed by atoms with E-state index >= 15 is 0 Å². The summed E-state index contributed by atoms with van der Waals surface area (Å²) in [7, 11) is 0. The summed E-state index contributed by atoms with van der Waals surface area (Å²) in [6.07, 6.45) is 5.62. The zero-order chi connectivity index (χ0) is 54.3. The van der Waals surface area contributed by atoms with Crippen LogP contribution in [0.3, 0.4) is 0 Å². The maximum absolute atomic E-state index is 6.81. The first kappa shape index (κ1) is 51.7. The number of pyridine rings is 2. The van der Waals surface area contributed by atoms with Crippen LogP contribution in [0.2, 0.25) is 0 Å². The number of aromatic nitrogens is 5. The number of fused-ring (bicyclic) bond motifs is 4. The van der Waals surface area contributed by atoms with Gasteiger partial charge in [-0.1, -0.05) is 18.2 Å². The average Bonchev–Trinajstić information content (AvgIpc) is 3.96. The first-order chi connectivity index (χ1) is 36.5. The van der Waals surface area contributed by atoms with Crippen LogP contribution >= 0.6 is 0 Å². The molecule has 4 aromatic heterocycles. The summed E-state index contributed by atoms with van der Waals surface area (Å²) in [6, 6.07) is 62.5. The second kappa shape index (κ2) is 19.3. The molecule has 0 saturated carbocycles. The zero-order valence-corrected chi connectivity index (χ0v) is 48.9. The van der Waals surface area contributed by atoms with Crippen molar-refractivity contribution in [3.63, 3.8) is 0 Å². The third-order valence-corrected chi connectivity index (χ3v) is 16.0. The molecule has 390 valence electrons. The molecule has 0 N–H and O–H groups in total. The predicted molar refractivity (Wildman–Crippen MR) is 316 cm³/mol. The van der Waals surface area contributed by atoms with Crippen molar-refractivity contribution < 1.29 is 24.1 Å². The van der Waals surface area contributed by atoms with Gasteiger partial charge >= 0.3 is 397 Å². The number of nitrogens with zero attached hydrogens (tertiary/aromatic N) is 5. The van der Waals surface area contributed by atoms with Crippen LogP contribution in [0.15, 0.2) is 170 Å². The minimum absolute atomic E-state index is 0.0668. The SMILES string of the molecule is Cc1cc(-n2c3[c-]c(Oc4[c-]c(-n5[c](=[Pt])n(-c6c(-c7cc(C(C)(C)C)cc(C(C)(C)C)c7)cccc6-c6cc(C(C)(C)C)cc(C(C)(C)C)c6)c6ccccc65)ccc4)ccc3c3ccccc32)ncc1-c1cccnc1. The molecule has 11 rings (SSSR count). The van der Waals surface area contributed by atoms with E-state index in [1.54, 1.807) is 6.20 Å². The van der Waals surface area contributed by atoms with E-state index < -0.39 is 0 Å². The van der Waals surface area contributed by atoms with Gasteiger partial charge in [-0.05, 0) is 18.6 Å². The minimum Gasteiger partial charge on any atom is -0.264 e. The Morgan fingerprint density at radius 3 is 1.56 bits per heavy atom. The summed E-state index contributed by atoms with van der Waals surface area (Å²) in [4.78, 5) is 9.39. The number of imidazole rings is 1. The minimum atomic E-state index is -0.0668. The van der Waals surface area contributed by atoms with Gasteiger partial charge in [0, 0.05) is 29.7 Å². The van der Waals surface area contributed by atoms with Gasteiger partial charge in [0.15, 0.2) is 0 Å². The molecule has 0 spiro atoms. The van der Waals surface area contributed by atoms with Crippen LogP contribution in [0.25, 0.3) is 83.4 Å². The Balaban J connectivity index is 1.08. The molecule has 0 unspecified atom stereocenters. The van der Waals surface area contributed by atoms with E-state index in [2.05, 4.69) is 274 Å². The van der Waals surface area contributed by atoms with Gasteiger partial charge in [-0.15, -0.1) is 0 Å². The van der Waals surface area contributed by atoms with Crippen molar-refractivity contribution in [3.05, 3.63) is 214 Å². The van der Waals surface area contributed by atoms with E-state index in [9.17, 15) is 0 Å². The van der Waals surface area contributed by atoms with Crippen LogP contribution in [-0.4, -0.2) is 23.7 Å². The van der Waals surface area contributed by atoms with Crippen molar-refractivity contribution >= 4 is 32.8 Å². The molecule has 7 heteroatoms. The van der Waals surface area contributed by atoms with E-state index in [-0.39, 0.29) is 21.7 Å². The van der Waals surface area contributed by atoms with Gasteiger partial charge in [-0.2, -0.15) is 0 Å². The molecule has 6 nitrogen and oxygen atoms in total. The third-order valence-electron chi connectivity index (χ3n) is 15.0. The average molecular weight is 1190 g/mol. The summed E-state index contributed by atoms with van der Waals surface area (Å²) in [5.74, 6) is 1.97. The summed E-state index contributed by atoms with van der Waals surface area (Å²) in [6.45, 7) is 30.0. The van der Waals surface area contributed by atoms with Crippen molar-refractivity contribution in [2.24, 2.45) is 0 Å². The van der Waals surface area contributed by atoms with Gasteiger partial charge in [-0.3, -0.25) is 4.98 Å². The Kier molecular flexibility index (Phi) is 12.9. The number of ether oxygens (including phenoxy) is 1. The molecule has 0 amide bonds. The Hall–Kier alpha value is -7.40. The van der Waals surface area contributed by atoms with Crippen molar-refractivity contribution in [1.82, 2.24) is 23.7 Å². The Morgan fingerprint density at radius 2 is 1.00 bits per heavy atom. The molecule has 0 atom stereocenters. The fraction of sp³-hybridized carbons (Fsp3) is 0.243. The van der Waals surface area contributed by atoms with Crippen molar-refractivity contribution in [3.8, 4) is 62.1 Å². The van der Waals surface area contributed by atoms with Gasteiger partial charge in [0.1, 0.15) is 0 Å². The molecule has 11 aromatic rings.